The molecule has 5 heteroatoms. The topological polar surface area (TPSA) is 35.9 Å². The second kappa shape index (κ2) is 10.7. The smallest absolute Gasteiger partial charge is 0.266 e. The number of amides is 1. The van der Waals surface area contributed by atoms with Gasteiger partial charge in [0.1, 0.15) is 0 Å². The van der Waals surface area contributed by atoms with Gasteiger partial charge in [-0.25, -0.2) is 4.99 Å². The molecule has 2 saturated heterocycles. The third kappa shape index (κ3) is 5.42. The predicted molar refractivity (Wildman–Crippen MR) is 143 cm³/mol. The molecule has 172 valence electrons. The number of amidine groups is 1. The normalized spacial score (nSPS) is 18.4. The van der Waals surface area contributed by atoms with Gasteiger partial charge in [0.25, 0.3) is 5.91 Å². The third-order valence-electron chi connectivity index (χ3n) is 6.22. The molecule has 0 atom stereocenters. The fourth-order valence-electron chi connectivity index (χ4n) is 4.40. The number of hydrogen-bond acceptors (Lipinski definition) is 4. The maximum absolute atomic E-state index is 13.4. The second-order valence-corrected chi connectivity index (χ2v) is 9.68. The number of carbonyl (C=O) groups excluding carboxylic acids is 1. The van der Waals surface area contributed by atoms with E-state index >= 15 is 0 Å². The maximum Gasteiger partial charge on any atom is 0.266 e. The summed E-state index contributed by atoms with van der Waals surface area (Å²) in [7, 11) is 0. The molecular formula is C29H29N3OS. The minimum Gasteiger partial charge on any atom is -0.372 e. The largest absolute Gasteiger partial charge is 0.372 e. The molecule has 34 heavy (non-hydrogen) atoms. The van der Waals surface area contributed by atoms with Crippen molar-refractivity contribution in [1.82, 2.24) is 4.90 Å². The molecule has 0 aromatic heterocycles. The highest BCUT2D eigenvalue weighted by Crippen LogP contribution is 2.34. The van der Waals surface area contributed by atoms with Gasteiger partial charge in [0, 0.05) is 25.3 Å². The molecule has 2 fully saturated rings. The molecule has 2 aliphatic heterocycles. The molecule has 3 aromatic rings. The van der Waals surface area contributed by atoms with Crippen LogP contribution in [-0.2, 0) is 11.2 Å². The minimum atomic E-state index is 0.0383. The Morgan fingerprint density at radius 2 is 1.53 bits per heavy atom. The SMILES string of the molecule is O=C1/C(=C/c2ccc(N3CCCC3)cc2)SC(=Nc2ccccc2)N1CCCc1ccccc1. The summed E-state index contributed by atoms with van der Waals surface area (Å²) >= 11 is 1.47. The van der Waals surface area contributed by atoms with E-state index in [0.717, 1.165) is 47.3 Å². The van der Waals surface area contributed by atoms with Crippen molar-refractivity contribution in [3.63, 3.8) is 0 Å². The fourth-order valence-corrected chi connectivity index (χ4v) is 5.42. The lowest BCUT2D eigenvalue weighted by atomic mass is 10.1. The molecule has 2 heterocycles. The van der Waals surface area contributed by atoms with Gasteiger partial charge in [-0.15, -0.1) is 0 Å². The van der Waals surface area contributed by atoms with Gasteiger partial charge in [-0.2, -0.15) is 0 Å². The summed E-state index contributed by atoms with van der Waals surface area (Å²) in [4.78, 5) is 23.2. The molecule has 4 nitrogen and oxygen atoms in total. The number of carbonyl (C=O) groups is 1. The lowest BCUT2D eigenvalue weighted by molar-refractivity contribution is -0.122. The highest BCUT2D eigenvalue weighted by Gasteiger charge is 2.33. The van der Waals surface area contributed by atoms with E-state index in [0.29, 0.717) is 6.54 Å². The van der Waals surface area contributed by atoms with Crippen LogP contribution in [0.3, 0.4) is 0 Å². The average Bonchev–Trinajstić information content (AvgIpc) is 3.51. The van der Waals surface area contributed by atoms with Gasteiger partial charge in [-0.3, -0.25) is 9.69 Å². The molecule has 2 aliphatic rings. The first-order chi connectivity index (χ1) is 16.8. The van der Waals surface area contributed by atoms with Gasteiger partial charge in [0.2, 0.25) is 0 Å². The Balaban J connectivity index is 1.34. The molecule has 0 saturated carbocycles. The van der Waals surface area contributed by atoms with E-state index in [1.807, 2.05) is 47.4 Å². The summed E-state index contributed by atoms with van der Waals surface area (Å²) in [5.41, 5.74) is 4.46. The number of anilines is 1. The van der Waals surface area contributed by atoms with Crippen molar-refractivity contribution < 1.29 is 4.79 Å². The highest BCUT2D eigenvalue weighted by molar-refractivity contribution is 8.18. The summed E-state index contributed by atoms with van der Waals surface area (Å²) in [6, 6.07) is 28.8. The molecule has 0 radical (unpaired) electrons. The molecular weight excluding hydrogens is 438 g/mol. The summed E-state index contributed by atoms with van der Waals surface area (Å²) in [6.45, 7) is 2.91. The molecule has 0 spiro atoms. The Labute approximate surface area is 206 Å². The number of aliphatic imine (C=N–C) groups is 1. The van der Waals surface area contributed by atoms with Gasteiger partial charge in [0.15, 0.2) is 5.17 Å². The summed E-state index contributed by atoms with van der Waals surface area (Å²) < 4.78 is 0. The van der Waals surface area contributed by atoms with Crippen LogP contribution < -0.4 is 4.90 Å². The molecule has 1 amide bonds. The van der Waals surface area contributed by atoms with E-state index in [1.54, 1.807) is 0 Å². The Morgan fingerprint density at radius 3 is 2.24 bits per heavy atom. The van der Waals surface area contributed by atoms with E-state index in [1.165, 1.54) is 35.9 Å². The molecule has 0 unspecified atom stereocenters. The van der Waals surface area contributed by atoms with Crippen LogP contribution in [-0.4, -0.2) is 35.6 Å². The zero-order valence-electron chi connectivity index (χ0n) is 19.3. The number of para-hydroxylation sites is 1. The number of aryl methyl sites for hydroxylation is 1. The number of rotatable bonds is 7. The number of benzene rings is 3. The van der Waals surface area contributed by atoms with Crippen LogP contribution in [0.2, 0.25) is 0 Å². The Bertz CT molecular complexity index is 1170. The van der Waals surface area contributed by atoms with Gasteiger partial charge in [0.05, 0.1) is 10.6 Å². The first-order valence-electron chi connectivity index (χ1n) is 12.0. The molecule has 0 aliphatic carbocycles. The van der Waals surface area contributed by atoms with Crippen LogP contribution in [0.25, 0.3) is 6.08 Å². The van der Waals surface area contributed by atoms with E-state index in [4.69, 9.17) is 4.99 Å². The van der Waals surface area contributed by atoms with Gasteiger partial charge in [-0.05, 0) is 78.9 Å². The zero-order valence-corrected chi connectivity index (χ0v) is 20.1. The van der Waals surface area contributed by atoms with Crippen LogP contribution in [0.1, 0.15) is 30.4 Å². The molecule has 5 rings (SSSR count). The first-order valence-corrected chi connectivity index (χ1v) is 12.8. The van der Waals surface area contributed by atoms with Crippen molar-refractivity contribution in [3.8, 4) is 0 Å². The van der Waals surface area contributed by atoms with Crippen molar-refractivity contribution >= 4 is 40.3 Å². The quantitative estimate of drug-likeness (QED) is 0.371. The monoisotopic (exact) mass is 467 g/mol. The fraction of sp³-hybridized carbons (Fsp3) is 0.241. The predicted octanol–water partition coefficient (Wildman–Crippen LogP) is 6.52. The molecule has 0 N–H and O–H groups in total. The first kappa shape index (κ1) is 22.5. The minimum absolute atomic E-state index is 0.0383. The molecule has 0 bridgehead atoms. The van der Waals surface area contributed by atoms with E-state index in [9.17, 15) is 4.79 Å². The van der Waals surface area contributed by atoms with Crippen LogP contribution in [0.5, 0.6) is 0 Å². The van der Waals surface area contributed by atoms with Gasteiger partial charge < -0.3 is 4.90 Å². The van der Waals surface area contributed by atoms with Crippen LogP contribution in [0.4, 0.5) is 11.4 Å². The maximum atomic E-state index is 13.4. The van der Waals surface area contributed by atoms with Crippen LogP contribution in [0, 0.1) is 0 Å². The molecule has 3 aromatic carbocycles. The summed E-state index contributed by atoms with van der Waals surface area (Å²) in [5.74, 6) is 0.0383. The number of thioether (sulfide) groups is 1. The van der Waals surface area contributed by atoms with Crippen molar-refractivity contribution in [2.45, 2.75) is 25.7 Å². The lowest BCUT2D eigenvalue weighted by Gasteiger charge is -2.17. The van der Waals surface area contributed by atoms with E-state index < -0.39 is 0 Å². The zero-order chi connectivity index (χ0) is 23.2. The number of hydrogen-bond donors (Lipinski definition) is 0. The van der Waals surface area contributed by atoms with Crippen LogP contribution in [0.15, 0.2) is 94.8 Å². The Hall–Kier alpha value is -3.31. The van der Waals surface area contributed by atoms with Crippen LogP contribution >= 0.6 is 11.8 Å². The summed E-state index contributed by atoms with van der Waals surface area (Å²) in [5, 5.41) is 0.754. The summed E-state index contributed by atoms with van der Waals surface area (Å²) in [6.07, 6.45) is 6.35. The van der Waals surface area contributed by atoms with Crippen molar-refractivity contribution in [2.24, 2.45) is 4.99 Å². The Kier molecular flexibility index (Phi) is 7.10. The van der Waals surface area contributed by atoms with E-state index in [-0.39, 0.29) is 5.91 Å². The van der Waals surface area contributed by atoms with Gasteiger partial charge in [-0.1, -0.05) is 60.7 Å². The van der Waals surface area contributed by atoms with E-state index in [2.05, 4.69) is 53.4 Å². The highest BCUT2D eigenvalue weighted by atomic mass is 32.2. The second-order valence-electron chi connectivity index (χ2n) is 8.67. The lowest BCUT2D eigenvalue weighted by Crippen LogP contribution is -2.30. The average molecular weight is 468 g/mol. The van der Waals surface area contributed by atoms with Crippen molar-refractivity contribution in [1.29, 1.82) is 0 Å². The Morgan fingerprint density at radius 1 is 0.853 bits per heavy atom. The standard InChI is InChI=1S/C29H29N3OS/c33-28-27(22-24-15-17-26(18-16-24)31-19-7-8-20-31)34-29(30-25-13-5-2-6-14-25)32(28)21-9-12-23-10-3-1-4-11-23/h1-6,10-11,13-18,22H,7-9,12,19-21H2/b27-22-,30-29?. The number of nitrogens with zero attached hydrogens (tertiary/aromatic N) is 3. The van der Waals surface area contributed by atoms with Crippen molar-refractivity contribution in [3.05, 3.63) is 101 Å². The van der Waals surface area contributed by atoms with Crippen molar-refractivity contribution in [2.75, 3.05) is 24.5 Å². The third-order valence-corrected chi connectivity index (χ3v) is 7.23. The van der Waals surface area contributed by atoms with Gasteiger partial charge >= 0.3 is 0 Å².